The van der Waals surface area contributed by atoms with E-state index in [4.69, 9.17) is 4.74 Å². The lowest BCUT2D eigenvalue weighted by atomic mass is 10.0. The number of rotatable bonds is 4. The molecule has 2 atom stereocenters. The third kappa shape index (κ3) is 4.01. The minimum absolute atomic E-state index is 0.124. The van der Waals surface area contributed by atoms with Crippen molar-refractivity contribution in [3.05, 3.63) is 71.8 Å². The second kappa shape index (κ2) is 7.97. The first-order valence-electron chi connectivity index (χ1n) is 8.24. The third-order valence-electron chi connectivity index (χ3n) is 4.36. The zero-order valence-electron chi connectivity index (χ0n) is 13.6. The molecule has 1 fully saturated rings. The van der Waals surface area contributed by atoms with Crippen LogP contribution in [0.1, 0.15) is 30.0 Å². The van der Waals surface area contributed by atoms with Crippen LogP contribution in [0.5, 0.6) is 0 Å². The van der Waals surface area contributed by atoms with Crippen molar-refractivity contribution >= 4 is 0 Å². The molecule has 3 rings (SSSR count). The van der Waals surface area contributed by atoms with Crippen LogP contribution in [0.15, 0.2) is 60.7 Å². The Morgan fingerprint density at radius 2 is 1.78 bits per heavy atom. The fourth-order valence-electron chi connectivity index (χ4n) is 3.24. The minimum Gasteiger partial charge on any atom is -0.383 e. The van der Waals surface area contributed by atoms with Gasteiger partial charge in [0.1, 0.15) is 0 Å². The molecule has 0 radical (unpaired) electrons. The summed E-state index contributed by atoms with van der Waals surface area (Å²) in [5, 5.41) is 0. The molecule has 1 aliphatic heterocycles. The van der Waals surface area contributed by atoms with E-state index >= 15 is 0 Å². The molecule has 1 saturated heterocycles. The molecule has 2 aromatic carbocycles. The third-order valence-corrected chi connectivity index (χ3v) is 4.36. The maximum Gasteiger partial charge on any atom is 0.0977 e. The van der Waals surface area contributed by atoms with Crippen LogP contribution in [0.25, 0.3) is 0 Å². The first kappa shape index (κ1) is 15.8. The summed E-state index contributed by atoms with van der Waals surface area (Å²) >= 11 is 0. The Morgan fingerprint density at radius 1 is 1.09 bits per heavy atom. The van der Waals surface area contributed by atoms with Gasteiger partial charge in [-0.25, -0.2) is 0 Å². The van der Waals surface area contributed by atoms with Gasteiger partial charge in [0.25, 0.3) is 0 Å². The molecule has 1 heterocycles. The Kier molecular flexibility index (Phi) is 5.47. The predicted molar refractivity (Wildman–Crippen MR) is 94.1 cm³/mol. The summed E-state index contributed by atoms with van der Waals surface area (Å²) in [4.78, 5) is 2.49. The maximum absolute atomic E-state index is 5.41. The van der Waals surface area contributed by atoms with Crippen LogP contribution in [-0.4, -0.2) is 31.2 Å². The summed E-state index contributed by atoms with van der Waals surface area (Å²) < 4.78 is 5.41. The fraction of sp³-hybridized carbons (Fsp3) is 0.333. The monoisotopic (exact) mass is 305 g/mol. The summed E-state index contributed by atoms with van der Waals surface area (Å²) in [7, 11) is 1.78. The van der Waals surface area contributed by atoms with Crippen LogP contribution in [0.3, 0.4) is 0 Å². The molecular weight excluding hydrogens is 282 g/mol. The summed E-state index contributed by atoms with van der Waals surface area (Å²) in [5.74, 6) is 6.85. The molecule has 2 heteroatoms. The summed E-state index contributed by atoms with van der Waals surface area (Å²) in [5.41, 5.74) is 2.33. The van der Waals surface area contributed by atoms with Crippen LogP contribution in [-0.2, 0) is 4.74 Å². The van der Waals surface area contributed by atoms with E-state index in [1.165, 1.54) is 18.4 Å². The molecule has 2 aromatic rings. The van der Waals surface area contributed by atoms with E-state index < -0.39 is 0 Å². The van der Waals surface area contributed by atoms with Gasteiger partial charge in [-0.15, -0.1) is 0 Å². The maximum atomic E-state index is 5.41. The van der Waals surface area contributed by atoms with Crippen molar-refractivity contribution in [2.75, 3.05) is 20.3 Å². The van der Waals surface area contributed by atoms with Crippen molar-refractivity contribution in [1.82, 2.24) is 4.90 Å². The predicted octanol–water partition coefficient (Wildman–Crippen LogP) is 3.89. The number of nitrogens with zero attached hydrogens (tertiary/aromatic N) is 1. The number of benzene rings is 2. The lowest BCUT2D eigenvalue weighted by Crippen LogP contribution is -2.35. The van der Waals surface area contributed by atoms with Crippen molar-refractivity contribution in [3.8, 4) is 11.8 Å². The highest BCUT2D eigenvalue weighted by molar-refractivity contribution is 5.37. The topological polar surface area (TPSA) is 12.5 Å². The summed E-state index contributed by atoms with van der Waals surface area (Å²) in [6, 6.07) is 21.4. The minimum atomic E-state index is 0.124. The molecule has 0 amide bonds. The molecule has 2 nitrogen and oxygen atoms in total. The quantitative estimate of drug-likeness (QED) is 0.795. The highest BCUT2D eigenvalue weighted by atomic mass is 16.5. The first-order valence-corrected chi connectivity index (χ1v) is 8.24. The second-order valence-electron chi connectivity index (χ2n) is 5.94. The van der Waals surface area contributed by atoms with Gasteiger partial charge in [-0.1, -0.05) is 60.4 Å². The van der Waals surface area contributed by atoms with Gasteiger partial charge in [0.2, 0.25) is 0 Å². The lowest BCUT2D eigenvalue weighted by molar-refractivity contribution is 0.103. The van der Waals surface area contributed by atoms with Crippen molar-refractivity contribution in [2.24, 2.45) is 0 Å². The Balaban J connectivity index is 1.90. The van der Waals surface area contributed by atoms with Gasteiger partial charge < -0.3 is 4.74 Å². The standard InChI is InChI=1S/C21H23NO/c1-23-17-20-13-8-16-22(20)21(19-11-6-3-7-12-19)15-14-18-9-4-2-5-10-18/h2-7,9-12,20-21H,8,13,16-17H2,1H3/t20-,21?/m0/s1. The van der Waals surface area contributed by atoms with E-state index in [2.05, 4.69) is 59.2 Å². The highest BCUT2D eigenvalue weighted by Gasteiger charge is 2.30. The highest BCUT2D eigenvalue weighted by Crippen LogP contribution is 2.29. The zero-order chi connectivity index (χ0) is 15.9. The number of methoxy groups -OCH3 is 1. The van der Waals surface area contributed by atoms with Crippen LogP contribution >= 0.6 is 0 Å². The molecule has 0 saturated carbocycles. The van der Waals surface area contributed by atoms with E-state index in [1.807, 2.05) is 18.2 Å². The van der Waals surface area contributed by atoms with E-state index in [1.54, 1.807) is 7.11 Å². The molecule has 0 bridgehead atoms. The average molecular weight is 305 g/mol. The number of ether oxygens (including phenoxy) is 1. The number of likely N-dealkylation sites (tertiary alicyclic amines) is 1. The van der Waals surface area contributed by atoms with E-state index in [-0.39, 0.29) is 6.04 Å². The van der Waals surface area contributed by atoms with Crippen LogP contribution in [0.4, 0.5) is 0 Å². The molecule has 0 spiro atoms. The first-order chi connectivity index (χ1) is 11.4. The number of hydrogen-bond acceptors (Lipinski definition) is 2. The molecule has 1 aliphatic rings. The van der Waals surface area contributed by atoms with Gasteiger partial charge in [0.15, 0.2) is 0 Å². The Hall–Kier alpha value is -2.08. The Labute approximate surface area is 139 Å². The Morgan fingerprint density at radius 3 is 2.48 bits per heavy atom. The van der Waals surface area contributed by atoms with Crippen molar-refractivity contribution in [3.63, 3.8) is 0 Å². The number of hydrogen-bond donors (Lipinski definition) is 0. The van der Waals surface area contributed by atoms with Gasteiger partial charge in [-0.3, -0.25) is 4.90 Å². The normalized spacial score (nSPS) is 19.1. The molecule has 0 aromatic heterocycles. The molecule has 23 heavy (non-hydrogen) atoms. The second-order valence-corrected chi connectivity index (χ2v) is 5.94. The molecular formula is C21H23NO. The smallest absolute Gasteiger partial charge is 0.0977 e. The van der Waals surface area contributed by atoms with Gasteiger partial charge >= 0.3 is 0 Å². The van der Waals surface area contributed by atoms with Crippen LogP contribution < -0.4 is 0 Å². The van der Waals surface area contributed by atoms with Gasteiger partial charge in [-0.2, -0.15) is 0 Å². The fourth-order valence-corrected chi connectivity index (χ4v) is 3.24. The largest absolute Gasteiger partial charge is 0.383 e. The zero-order valence-corrected chi connectivity index (χ0v) is 13.6. The van der Waals surface area contributed by atoms with Crippen LogP contribution in [0.2, 0.25) is 0 Å². The van der Waals surface area contributed by atoms with E-state index in [9.17, 15) is 0 Å². The van der Waals surface area contributed by atoms with Crippen molar-refractivity contribution in [1.29, 1.82) is 0 Å². The van der Waals surface area contributed by atoms with Crippen molar-refractivity contribution < 1.29 is 4.74 Å². The molecule has 0 aliphatic carbocycles. The average Bonchev–Trinajstić information content (AvgIpc) is 3.06. The van der Waals surface area contributed by atoms with E-state index in [0.717, 1.165) is 18.7 Å². The molecule has 1 unspecified atom stereocenters. The molecule has 118 valence electrons. The molecule has 0 N–H and O–H groups in total. The van der Waals surface area contributed by atoms with Gasteiger partial charge in [0.05, 0.1) is 12.6 Å². The SMILES string of the molecule is COC[C@@H]1CCCN1C(C#Cc1ccccc1)c1ccccc1. The summed E-state index contributed by atoms with van der Waals surface area (Å²) in [6.07, 6.45) is 2.40. The van der Waals surface area contributed by atoms with Gasteiger partial charge in [-0.05, 0) is 30.5 Å². The lowest BCUT2D eigenvalue weighted by Gasteiger charge is -2.29. The summed E-state index contributed by atoms with van der Waals surface area (Å²) in [6.45, 7) is 1.85. The van der Waals surface area contributed by atoms with Crippen LogP contribution in [0, 0.1) is 11.8 Å². The Bertz CT molecular complexity index is 656. The van der Waals surface area contributed by atoms with E-state index in [0.29, 0.717) is 6.04 Å². The van der Waals surface area contributed by atoms with Gasteiger partial charge in [0, 0.05) is 25.3 Å². The van der Waals surface area contributed by atoms with Crippen molar-refractivity contribution in [2.45, 2.75) is 24.9 Å².